The largest absolute Gasteiger partial charge is 0.478 e. The molecule has 16 heavy (non-hydrogen) atoms. The van der Waals surface area contributed by atoms with E-state index in [1.165, 1.54) is 6.07 Å². The van der Waals surface area contributed by atoms with E-state index < -0.39 is 5.97 Å². The maximum atomic E-state index is 10.8. The van der Waals surface area contributed by atoms with Crippen LogP contribution in [0.15, 0.2) is 18.2 Å². The molecule has 0 unspecified atom stereocenters. The molecular formula is C12H15NO3. The smallest absolute Gasteiger partial charge is 0.335 e. The molecule has 1 saturated heterocycles. The van der Waals surface area contributed by atoms with Gasteiger partial charge >= 0.3 is 5.97 Å². The minimum absolute atomic E-state index is 0.244. The Labute approximate surface area is 94.0 Å². The van der Waals surface area contributed by atoms with Crippen LogP contribution >= 0.6 is 0 Å². The first kappa shape index (κ1) is 11.0. The number of carboxylic acids is 1. The van der Waals surface area contributed by atoms with E-state index >= 15 is 0 Å². The van der Waals surface area contributed by atoms with Gasteiger partial charge in [-0.1, -0.05) is 6.07 Å². The number of ether oxygens (including phenoxy) is 1. The number of hydrogen-bond donors (Lipinski definition) is 2. The zero-order valence-electron chi connectivity index (χ0n) is 8.98. The van der Waals surface area contributed by atoms with Crippen LogP contribution in [0.4, 0.5) is 5.69 Å². The quantitative estimate of drug-likeness (QED) is 0.748. The zero-order chi connectivity index (χ0) is 11.5. The lowest BCUT2D eigenvalue weighted by molar-refractivity contribution is 0.0696. The molecule has 0 atom stereocenters. The van der Waals surface area contributed by atoms with Gasteiger partial charge in [0.15, 0.2) is 0 Å². The van der Waals surface area contributed by atoms with Gasteiger partial charge in [-0.15, -0.1) is 0 Å². The van der Waals surface area contributed by atoms with Gasteiger partial charge in [0, 0.05) is 18.9 Å². The highest BCUT2D eigenvalue weighted by Crippen LogP contribution is 2.31. The zero-order valence-corrected chi connectivity index (χ0v) is 8.98. The predicted octanol–water partition coefficient (Wildman–Crippen LogP) is 1.86. The lowest BCUT2D eigenvalue weighted by atomic mass is 9.90. The Morgan fingerprint density at radius 3 is 2.62 bits per heavy atom. The molecule has 1 fully saturated rings. The van der Waals surface area contributed by atoms with Crippen LogP contribution in [-0.2, 0) is 4.74 Å². The summed E-state index contributed by atoms with van der Waals surface area (Å²) in [5.41, 5.74) is 7.75. The van der Waals surface area contributed by atoms with Crippen molar-refractivity contribution in [3.05, 3.63) is 29.3 Å². The van der Waals surface area contributed by atoms with Crippen molar-refractivity contribution < 1.29 is 14.6 Å². The van der Waals surface area contributed by atoms with E-state index in [0.29, 0.717) is 11.6 Å². The van der Waals surface area contributed by atoms with Crippen molar-refractivity contribution in [1.29, 1.82) is 0 Å². The molecule has 2 rings (SSSR count). The fraction of sp³-hybridized carbons (Fsp3) is 0.417. The van der Waals surface area contributed by atoms with Crippen LogP contribution in [0.3, 0.4) is 0 Å². The fourth-order valence-corrected chi connectivity index (χ4v) is 2.09. The molecule has 0 amide bonds. The highest BCUT2D eigenvalue weighted by atomic mass is 16.5. The van der Waals surface area contributed by atoms with Gasteiger partial charge in [-0.2, -0.15) is 0 Å². The summed E-state index contributed by atoms with van der Waals surface area (Å²) in [5.74, 6) is -0.540. The number of carboxylic acid groups (broad SMARTS) is 1. The number of rotatable bonds is 2. The molecule has 0 aliphatic carbocycles. The highest BCUT2D eigenvalue weighted by Gasteiger charge is 2.18. The Morgan fingerprint density at radius 1 is 1.38 bits per heavy atom. The van der Waals surface area contributed by atoms with Crippen molar-refractivity contribution in [2.45, 2.75) is 18.8 Å². The third kappa shape index (κ3) is 2.17. The molecule has 0 spiro atoms. The molecular weight excluding hydrogens is 206 g/mol. The number of aromatic carboxylic acids is 1. The molecule has 1 aromatic rings. The van der Waals surface area contributed by atoms with Gasteiger partial charge in [0.05, 0.1) is 5.56 Å². The van der Waals surface area contributed by atoms with Crippen molar-refractivity contribution in [3.63, 3.8) is 0 Å². The van der Waals surface area contributed by atoms with E-state index in [4.69, 9.17) is 15.6 Å². The molecule has 3 N–H and O–H groups in total. The summed E-state index contributed by atoms with van der Waals surface area (Å²) >= 11 is 0. The number of anilines is 1. The first-order chi connectivity index (χ1) is 7.68. The fourth-order valence-electron chi connectivity index (χ4n) is 2.09. The molecule has 4 heteroatoms. The molecule has 0 saturated carbocycles. The van der Waals surface area contributed by atoms with Crippen LogP contribution in [0.25, 0.3) is 0 Å². The Balaban J connectivity index is 2.24. The average Bonchev–Trinajstić information content (AvgIpc) is 2.30. The van der Waals surface area contributed by atoms with E-state index in [-0.39, 0.29) is 5.56 Å². The van der Waals surface area contributed by atoms with E-state index in [1.807, 2.05) is 6.07 Å². The lowest BCUT2D eigenvalue weighted by Gasteiger charge is -2.23. The number of nitrogens with two attached hydrogens (primary N) is 1. The van der Waals surface area contributed by atoms with Crippen LogP contribution in [-0.4, -0.2) is 24.3 Å². The summed E-state index contributed by atoms with van der Waals surface area (Å²) in [6, 6.07) is 4.98. The first-order valence-electron chi connectivity index (χ1n) is 5.39. The van der Waals surface area contributed by atoms with Crippen molar-refractivity contribution in [1.82, 2.24) is 0 Å². The minimum atomic E-state index is -0.940. The van der Waals surface area contributed by atoms with E-state index in [1.54, 1.807) is 6.07 Å². The summed E-state index contributed by atoms with van der Waals surface area (Å²) in [4.78, 5) is 10.8. The number of nitrogen functional groups attached to an aromatic ring is 1. The second kappa shape index (κ2) is 4.53. The van der Waals surface area contributed by atoms with Gasteiger partial charge in [0.25, 0.3) is 0 Å². The number of benzene rings is 1. The topological polar surface area (TPSA) is 72.6 Å². The molecule has 1 aromatic carbocycles. The summed E-state index contributed by atoms with van der Waals surface area (Å²) < 4.78 is 5.29. The Morgan fingerprint density at radius 2 is 2.06 bits per heavy atom. The second-order valence-electron chi connectivity index (χ2n) is 4.04. The van der Waals surface area contributed by atoms with Crippen LogP contribution < -0.4 is 5.73 Å². The normalized spacial score (nSPS) is 17.2. The summed E-state index contributed by atoms with van der Waals surface area (Å²) in [5, 5.41) is 8.83. The third-order valence-corrected chi connectivity index (χ3v) is 2.99. The standard InChI is InChI=1S/C12H15NO3/c13-11-7-9(12(14)15)1-2-10(11)8-3-5-16-6-4-8/h1-2,7-8H,3-6,13H2,(H,14,15). The summed E-state index contributed by atoms with van der Waals surface area (Å²) in [6.45, 7) is 1.51. The van der Waals surface area contributed by atoms with Crippen molar-refractivity contribution >= 4 is 11.7 Å². The van der Waals surface area contributed by atoms with Crippen molar-refractivity contribution in [2.24, 2.45) is 0 Å². The van der Waals surface area contributed by atoms with Crippen molar-refractivity contribution in [2.75, 3.05) is 18.9 Å². The molecule has 86 valence electrons. The summed E-state index contributed by atoms with van der Waals surface area (Å²) in [6.07, 6.45) is 1.91. The molecule has 0 bridgehead atoms. The van der Waals surface area contributed by atoms with Crippen molar-refractivity contribution in [3.8, 4) is 0 Å². The van der Waals surface area contributed by atoms with Crippen LogP contribution in [0.1, 0.15) is 34.7 Å². The molecule has 0 aromatic heterocycles. The lowest BCUT2D eigenvalue weighted by Crippen LogP contribution is -2.15. The van der Waals surface area contributed by atoms with Gasteiger partial charge in [0.1, 0.15) is 0 Å². The maximum absolute atomic E-state index is 10.8. The van der Waals surface area contributed by atoms with Gasteiger partial charge in [-0.05, 0) is 36.5 Å². The van der Waals surface area contributed by atoms with Crippen LogP contribution in [0.5, 0.6) is 0 Å². The SMILES string of the molecule is Nc1cc(C(=O)O)ccc1C1CCOCC1. The molecule has 0 radical (unpaired) electrons. The number of hydrogen-bond acceptors (Lipinski definition) is 3. The average molecular weight is 221 g/mol. The van der Waals surface area contributed by atoms with E-state index in [9.17, 15) is 4.79 Å². The van der Waals surface area contributed by atoms with Crippen LogP contribution in [0.2, 0.25) is 0 Å². The second-order valence-corrected chi connectivity index (χ2v) is 4.04. The predicted molar refractivity (Wildman–Crippen MR) is 60.6 cm³/mol. The Kier molecular flexibility index (Phi) is 3.10. The monoisotopic (exact) mass is 221 g/mol. The third-order valence-electron chi connectivity index (χ3n) is 2.99. The summed E-state index contributed by atoms with van der Waals surface area (Å²) in [7, 11) is 0. The maximum Gasteiger partial charge on any atom is 0.335 e. The van der Waals surface area contributed by atoms with Gasteiger partial charge in [-0.3, -0.25) is 0 Å². The van der Waals surface area contributed by atoms with Gasteiger partial charge in [0.2, 0.25) is 0 Å². The first-order valence-corrected chi connectivity index (χ1v) is 5.39. The molecule has 1 aliphatic rings. The van der Waals surface area contributed by atoms with E-state index in [0.717, 1.165) is 31.6 Å². The molecule has 1 heterocycles. The Hall–Kier alpha value is -1.55. The minimum Gasteiger partial charge on any atom is -0.478 e. The molecule has 1 aliphatic heterocycles. The van der Waals surface area contributed by atoms with E-state index in [2.05, 4.69) is 0 Å². The highest BCUT2D eigenvalue weighted by molar-refractivity contribution is 5.89. The number of carbonyl (C=O) groups is 1. The Bertz CT molecular complexity index is 397. The molecule has 4 nitrogen and oxygen atoms in total. The van der Waals surface area contributed by atoms with Gasteiger partial charge < -0.3 is 15.6 Å². The van der Waals surface area contributed by atoms with Crippen LogP contribution in [0, 0.1) is 0 Å². The van der Waals surface area contributed by atoms with Gasteiger partial charge in [-0.25, -0.2) is 4.79 Å².